The van der Waals surface area contributed by atoms with E-state index in [1.807, 2.05) is 0 Å². The number of hydrogen-bond acceptors (Lipinski definition) is 6. The van der Waals surface area contributed by atoms with E-state index in [-0.39, 0.29) is 27.8 Å². The minimum atomic E-state index is -3.96. The molecule has 0 saturated carbocycles. The molecule has 0 radical (unpaired) electrons. The highest BCUT2D eigenvalue weighted by atomic mass is 35.5. The molecule has 0 bridgehead atoms. The first-order chi connectivity index (χ1) is 14.7. The Bertz CT molecular complexity index is 1230. The van der Waals surface area contributed by atoms with E-state index in [0.717, 1.165) is 10.4 Å². The Morgan fingerprint density at radius 1 is 1.06 bits per heavy atom. The van der Waals surface area contributed by atoms with Crippen LogP contribution in [0, 0.1) is 10.1 Å². The number of anilines is 1. The summed E-state index contributed by atoms with van der Waals surface area (Å²) in [6.45, 7) is -0.238. The summed E-state index contributed by atoms with van der Waals surface area (Å²) in [4.78, 5) is 22.7. The molecule has 8 nitrogen and oxygen atoms in total. The van der Waals surface area contributed by atoms with Crippen LogP contribution in [0.4, 0.5) is 11.4 Å². The molecule has 0 aliphatic carbocycles. The van der Waals surface area contributed by atoms with Gasteiger partial charge in [-0.3, -0.25) is 14.4 Å². The van der Waals surface area contributed by atoms with Gasteiger partial charge in [0.15, 0.2) is 0 Å². The number of nitro benzene ring substituents is 1. The molecule has 31 heavy (non-hydrogen) atoms. The lowest BCUT2D eigenvalue weighted by Gasteiger charge is -2.20. The molecule has 0 aliphatic heterocycles. The lowest BCUT2D eigenvalue weighted by molar-refractivity contribution is -0.384. The molecule has 3 rings (SSSR count). The Labute approximate surface area is 183 Å². The fourth-order valence-corrected chi connectivity index (χ4v) is 4.16. The van der Waals surface area contributed by atoms with Crippen LogP contribution in [0.15, 0.2) is 77.7 Å². The van der Waals surface area contributed by atoms with E-state index in [0.29, 0.717) is 11.3 Å². The number of benzene rings is 3. The third-order valence-electron chi connectivity index (χ3n) is 4.43. The van der Waals surface area contributed by atoms with Gasteiger partial charge in [0, 0.05) is 19.2 Å². The number of nitrogens with zero attached hydrogens (tertiary/aromatic N) is 2. The summed E-state index contributed by atoms with van der Waals surface area (Å²) in [5.74, 6) is -0.851. The number of non-ortho nitro benzene ring substituents is 1. The highest BCUT2D eigenvalue weighted by Gasteiger charge is 2.24. The number of esters is 1. The van der Waals surface area contributed by atoms with Gasteiger partial charge in [-0.2, -0.15) is 0 Å². The Balaban J connectivity index is 1.83. The Morgan fingerprint density at radius 3 is 2.45 bits per heavy atom. The monoisotopic (exact) mass is 460 g/mol. The molecule has 0 N–H and O–H groups in total. The number of halogens is 1. The zero-order valence-electron chi connectivity index (χ0n) is 16.3. The highest BCUT2D eigenvalue weighted by Crippen LogP contribution is 2.26. The number of sulfonamides is 1. The number of rotatable bonds is 7. The standard InChI is InChI=1S/C21H17ClN2O6S/c1-23(16-7-3-2-4-8-16)31(28,29)18-10-11-20(22)19(13-18)21(25)30-14-15-6-5-9-17(12-15)24(26)27/h2-13H,14H2,1H3. The maximum absolute atomic E-state index is 13.0. The lowest BCUT2D eigenvalue weighted by Crippen LogP contribution is -2.26. The first-order valence-corrected chi connectivity index (χ1v) is 10.8. The predicted octanol–water partition coefficient (Wildman–Crippen LogP) is 4.43. The largest absolute Gasteiger partial charge is 0.457 e. The van der Waals surface area contributed by atoms with Gasteiger partial charge in [-0.05, 0) is 35.9 Å². The molecule has 0 unspecified atom stereocenters. The number of carbonyl (C=O) groups is 1. The second-order valence-corrected chi connectivity index (χ2v) is 8.83. The van der Waals surface area contributed by atoms with Gasteiger partial charge in [-0.15, -0.1) is 0 Å². The van der Waals surface area contributed by atoms with Crippen LogP contribution in [0.3, 0.4) is 0 Å². The summed E-state index contributed by atoms with van der Waals surface area (Å²) >= 11 is 6.09. The first kappa shape index (κ1) is 22.3. The van der Waals surface area contributed by atoms with E-state index in [1.165, 1.54) is 37.4 Å². The zero-order valence-corrected chi connectivity index (χ0v) is 17.8. The Kier molecular flexibility index (Phi) is 6.57. The van der Waals surface area contributed by atoms with Crippen LogP contribution in [-0.2, 0) is 21.4 Å². The van der Waals surface area contributed by atoms with Crippen molar-refractivity contribution >= 4 is 39.0 Å². The van der Waals surface area contributed by atoms with Crippen LogP contribution in [0.2, 0.25) is 5.02 Å². The van der Waals surface area contributed by atoms with Crippen molar-refractivity contribution in [2.75, 3.05) is 11.4 Å². The van der Waals surface area contributed by atoms with Crippen molar-refractivity contribution in [3.05, 3.63) is 99.1 Å². The highest BCUT2D eigenvalue weighted by molar-refractivity contribution is 7.92. The van der Waals surface area contributed by atoms with Crippen LogP contribution in [0.5, 0.6) is 0 Å². The molecule has 0 amide bonds. The summed E-state index contributed by atoms with van der Waals surface area (Å²) in [5.41, 5.74) is 0.594. The third-order valence-corrected chi connectivity index (χ3v) is 6.54. The van der Waals surface area contributed by atoms with Gasteiger partial charge in [-0.1, -0.05) is 41.9 Å². The maximum Gasteiger partial charge on any atom is 0.340 e. The van der Waals surface area contributed by atoms with E-state index in [2.05, 4.69) is 0 Å². The van der Waals surface area contributed by atoms with Crippen molar-refractivity contribution < 1.29 is 22.9 Å². The number of nitro groups is 1. The molecule has 3 aromatic carbocycles. The summed E-state index contributed by atoms with van der Waals surface area (Å²) in [5, 5.41) is 10.9. The number of carbonyl (C=O) groups excluding carboxylic acids is 1. The fourth-order valence-electron chi connectivity index (χ4n) is 2.74. The van der Waals surface area contributed by atoms with Gasteiger partial charge >= 0.3 is 5.97 Å². The SMILES string of the molecule is CN(c1ccccc1)S(=O)(=O)c1ccc(Cl)c(C(=O)OCc2cccc([N+](=O)[O-])c2)c1. The minimum Gasteiger partial charge on any atom is -0.457 e. The summed E-state index contributed by atoms with van der Waals surface area (Å²) in [7, 11) is -2.55. The van der Waals surface area contributed by atoms with E-state index in [9.17, 15) is 23.3 Å². The fraction of sp³-hybridized carbons (Fsp3) is 0.0952. The van der Waals surface area contributed by atoms with Crippen LogP contribution < -0.4 is 4.31 Å². The molecule has 0 heterocycles. The van der Waals surface area contributed by atoms with Crippen LogP contribution in [0.1, 0.15) is 15.9 Å². The number of hydrogen-bond donors (Lipinski definition) is 0. The molecular formula is C21H17ClN2O6S. The number of para-hydroxylation sites is 1. The zero-order chi connectivity index (χ0) is 22.6. The van der Waals surface area contributed by atoms with Crippen molar-refractivity contribution in [2.45, 2.75) is 11.5 Å². The van der Waals surface area contributed by atoms with E-state index >= 15 is 0 Å². The molecular weight excluding hydrogens is 444 g/mol. The average molecular weight is 461 g/mol. The molecule has 160 valence electrons. The van der Waals surface area contributed by atoms with Gasteiger partial charge in [-0.25, -0.2) is 13.2 Å². The number of ether oxygens (including phenoxy) is 1. The molecule has 0 aromatic heterocycles. The molecule has 0 spiro atoms. The molecule has 0 atom stereocenters. The van der Waals surface area contributed by atoms with Crippen molar-refractivity contribution in [1.29, 1.82) is 0 Å². The van der Waals surface area contributed by atoms with Crippen LogP contribution >= 0.6 is 11.6 Å². The van der Waals surface area contributed by atoms with Gasteiger partial charge in [0.2, 0.25) is 0 Å². The van der Waals surface area contributed by atoms with Gasteiger partial charge in [0.25, 0.3) is 15.7 Å². The third kappa shape index (κ3) is 5.01. The van der Waals surface area contributed by atoms with Crippen LogP contribution in [-0.4, -0.2) is 26.4 Å². The van der Waals surface area contributed by atoms with Gasteiger partial charge in [0.1, 0.15) is 6.61 Å². The summed E-state index contributed by atoms with van der Waals surface area (Å²) in [6, 6.07) is 17.9. The molecule has 0 fully saturated rings. The van der Waals surface area contributed by atoms with Gasteiger partial charge < -0.3 is 4.74 Å². The van der Waals surface area contributed by atoms with Crippen molar-refractivity contribution in [3.8, 4) is 0 Å². The first-order valence-electron chi connectivity index (χ1n) is 8.94. The summed E-state index contributed by atoms with van der Waals surface area (Å²) in [6.07, 6.45) is 0. The summed E-state index contributed by atoms with van der Waals surface area (Å²) < 4.78 is 32.2. The maximum atomic E-state index is 13.0. The molecule has 10 heteroatoms. The van der Waals surface area contributed by atoms with E-state index in [1.54, 1.807) is 36.4 Å². The normalized spacial score (nSPS) is 11.0. The van der Waals surface area contributed by atoms with E-state index in [4.69, 9.17) is 16.3 Å². The smallest absolute Gasteiger partial charge is 0.340 e. The van der Waals surface area contributed by atoms with Crippen LogP contribution in [0.25, 0.3) is 0 Å². The second kappa shape index (κ2) is 9.15. The molecule has 0 aliphatic rings. The molecule has 3 aromatic rings. The Morgan fingerprint density at radius 2 is 1.77 bits per heavy atom. The predicted molar refractivity (Wildman–Crippen MR) is 116 cm³/mol. The second-order valence-electron chi connectivity index (χ2n) is 6.45. The lowest BCUT2D eigenvalue weighted by atomic mass is 10.2. The molecule has 0 saturated heterocycles. The van der Waals surface area contributed by atoms with E-state index < -0.39 is 20.9 Å². The van der Waals surface area contributed by atoms with Crippen molar-refractivity contribution in [1.82, 2.24) is 0 Å². The van der Waals surface area contributed by atoms with Crippen molar-refractivity contribution in [3.63, 3.8) is 0 Å². The topological polar surface area (TPSA) is 107 Å². The van der Waals surface area contributed by atoms with Crippen molar-refractivity contribution in [2.24, 2.45) is 0 Å². The van der Waals surface area contributed by atoms with Gasteiger partial charge in [0.05, 0.1) is 26.1 Å². The Hall–Kier alpha value is -3.43. The average Bonchev–Trinajstić information content (AvgIpc) is 2.77. The minimum absolute atomic E-state index is 0.0188. The quantitative estimate of drug-likeness (QED) is 0.293.